The summed E-state index contributed by atoms with van der Waals surface area (Å²) >= 11 is 0. The van der Waals surface area contributed by atoms with Gasteiger partial charge in [0.1, 0.15) is 12.4 Å². The van der Waals surface area contributed by atoms with Gasteiger partial charge >= 0.3 is 6.09 Å². The van der Waals surface area contributed by atoms with E-state index < -0.39 is 5.41 Å². The maximum atomic E-state index is 12.0. The fraction of sp³-hybridized carbons (Fsp3) is 0.467. The van der Waals surface area contributed by atoms with E-state index in [1.807, 2.05) is 30.3 Å². The number of nitrogens with zero attached hydrogens (tertiary/aromatic N) is 1. The van der Waals surface area contributed by atoms with Crippen LogP contribution in [0.5, 0.6) is 0 Å². The van der Waals surface area contributed by atoms with Gasteiger partial charge in [-0.05, 0) is 12.5 Å². The van der Waals surface area contributed by atoms with Crippen molar-refractivity contribution < 1.29 is 14.3 Å². The summed E-state index contributed by atoms with van der Waals surface area (Å²) in [6.45, 7) is 3.02. The number of piperidine rings is 1. The number of nitrogens with two attached hydrogens (primary N) is 1. The predicted molar refractivity (Wildman–Crippen MR) is 75.0 cm³/mol. The highest BCUT2D eigenvalue weighted by molar-refractivity contribution is 5.87. The number of carbonyl (C=O) groups excluding carboxylic acids is 2. The molecular weight excluding hydrogens is 256 g/mol. The summed E-state index contributed by atoms with van der Waals surface area (Å²) in [5.41, 5.74) is 5.95. The minimum atomic E-state index is -0.649. The van der Waals surface area contributed by atoms with E-state index in [0.717, 1.165) is 5.56 Å². The first-order chi connectivity index (χ1) is 9.55. The van der Waals surface area contributed by atoms with Crippen LogP contribution < -0.4 is 5.73 Å². The molecule has 2 rings (SSSR count). The topological polar surface area (TPSA) is 72.6 Å². The van der Waals surface area contributed by atoms with Gasteiger partial charge < -0.3 is 15.4 Å². The van der Waals surface area contributed by atoms with Crippen LogP contribution in [0, 0.1) is 5.41 Å². The Kier molecular flexibility index (Phi) is 4.39. The highest BCUT2D eigenvalue weighted by Gasteiger charge is 2.39. The van der Waals surface area contributed by atoms with E-state index in [9.17, 15) is 9.59 Å². The number of hydrogen-bond acceptors (Lipinski definition) is 4. The third-order valence-corrected chi connectivity index (χ3v) is 3.74. The fourth-order valence-electron chi connectivity index (χ4n) is 2.27. The summed E-state index contributed by atoms with van der Waals surface area (Å²) in [7, 11) is 0. The molecule has 1 aromatic carbocycles. The van der Waals surface area contributed by atoms with Gasteiger partial charge in [-0.25, -0.2) is 4.79 Å². The third kappa shape index (κ3) is 3.17. The summed E-state index contributed by atoms with van der Waals surface area (Å²) < 4.78 is 5.28. The normalized spacial score (nSPS) is 22.7. The molecule has 5 nitrogen and oxygen atoms in total. The average molecular weight is 276 g/mol. The Hall–Kier alpha value is -1.88. The van der Waals surface area contributed by atoms with E-state index in [2.05, 4.69) is 0 Å². The van der Waals surface area contributed by atoms with E-state index in [4.69, 9.17) is 10.5 Å². The number of likely N-dealkylation sites (tertiary alicyclic amines) is 1. The van der Waals surface area contributed by atoms with Gasteiger partial charge in [0.15, 0.2) is 0 Å². The average Bonchev–Trinajstić information content (AvgIpc) is 2.48. The fourth-order valence-corrected chi connectivity index (χ4v) is 2.27. The molecule has 0 saturated carbocycles. The molecule has 1 aromatic rings. The molecule has 1 amide bonds. The second-order valence-electron chi connectivity index (χ2n) is 5.40. The quantitative estimate of drug-likeness (QED) is 0.909. The van der Waals surface area contributed by atoms with Crippen LogP contribution in [0.25, 0.3) is 0 Å². The molecule has 20 heavy (non-hydrogen) atoms. The lowest BCUT2D eigenvalue weighted by atomic mass is 9.81. The molecule has 2 N–H and O–H groups in total. The smallest absolute Gasteiger partial charge is 0.410 e. The molecule has 1 aliphatic heterocycles. The first-order valence-corrected chi connectivity index (χ1v) is 6.74. The molecular formula is C15H20N2O3. The number of rotatable bonds is 3. The molecule has 1 fully saturated rings. The van der Waals surface area contributed by atoms with Crippen LogP contribution in [0.1, 0.15) is 18.9 Å². The van der Waals surface area contributed by atoms with Crippen molar-refractivity contribution in [2.75, 3.05) is 19.6 Å². The number of Topliss-reactive ketones (excluding diaryl/α,β-unsaturated/α-hetero) is 1. The zero-order chi connectivity index (χ0) is 14.6. The van der Waals surface area contributed by atoms with Crippen molar-refractivity contribution >= 4 is 11.9 Å². The van der Waals surface area contributed by atoms with Crippen LogP contribution in [0.3, 0.4) is 0 Å². The van der Waals surface area contributed by atoms with Crippen molar-refractivity contribution in [3.05, 3.63) is 35.9 Å². The van der Waals surface area contributed by atoms with Crippen molar-refractivity contribution in [3.63, 3.8) is 0 Å². The monoisotopic (exact) mass is 276 g/mol. The second kappa shape index (κ2) is 6.05. The standard InChI is InChI=1S/C15H20N2O3/c1-15(10-16)11-17(8-7-13(15)18)14(19)20-9-12-5-3-2-4-6-12/h2-6H,7-11,16H2,1H3. The van der Waals surface area contributed by atoms with Crippen LogP contribution >= 0.6 is 0 Å². The number of amides is 1. The van der Waals surface area contributed by atoms with E-state index >= 15 is 0 Å². The Morgan fingerprint density at radius 2 is 2.10 bits per heavy atom. The van der Waals surface area contributed by atoms with E-state index in [-0.39, 0.29) is 25.0 Å². The molecule has 0 bridgehead atoms. The molecule has 108 valence electrons. The van der Waals surface area contributed by atoms with Gasteiger partial charge in [0, 0.05) is 26.1 Å². The maximum absolute atomic E-state index is 12.0. The van der Waals surface area contributed by atoms with Crippen LogP contribution in [0.15, 0.2) is 30.3 Å². The van der Waals surface area contributed by atoms with Crippen molar-refractivity contribution in [2.24, 2.45) is 11.1 Å². The molecule has 0 spiro atoms. The van der Waals surface area contributed by atoms with Gasteiger partial charge in [0.25, 0.3) is 0 Å². The number of hydrogen-bond donors (Lipinski definition) is 1. The van der Waals surface area contributed by atoms with Crippen molar-refractivity contribution in [1.82, 2.24) is 4.90 Å². The SMILES string of the molecule is CC1(CN)CN(C(=O)OCc2ccccc2)CCC1=O. The molecule has 1 saturated heterocycles. The first kappa shape index (κ1) is 14.5. The molecule has 1 atom stereocenters. The van der Waals surface area contributed by atoms with Crippen LogP contribution in [0.2, 0.25) is 0 Å². The first-order valence-electron chi connectivity index (χ1n) is 6.74. The van der Waals surface area contributed by atoms with Crippen LogP contribution in [-0.4, -0.2) is 36.4 Å². The molecule has 0 radical (unpaired) electrons. The van der Waals surface area contributed by atoms with Crippen LogP contribution in [0.4, 0.5) is 4.79 Å². The zero-order valence-electron chi connectivity index (χ0n) is 11.7. The molecule has 1 heterocycles. The van der Waals surface area contributed by atoms with Gasteiger partial charge in [-0.1, -0.05) is 30.3 Å². The van der Waals surface area contributed by atoms with Crippen molar-refractivity contribution in [1.29, 1.82) is 0 Å². The van der Waals surface area contributed by atoms with E-state index in [1.165, 1.54) is 0 Å². The largest absolute Gasteiger partial charge is 0.445 e. The lowest BCUT2D eigenvalue weighted by Crippen LogP contribution is -2.53. The van der Waals surface area contributed by atoms with E-state index in [1.54, 1.807) is 11.8 Å². The van der Waals surface area contributed by atoms with E-state index in [0.29, 0.717) is 19.5 Å². The Morgan fingerprint density at radius 3 is 2.75 bits per heavy atom. The zero-order valence-corrected chi connectivity index (χ0v) is 11.7. The number of benzene rings is 1. The Bertz CT molecular complexity index is 489. The van der Waals surface area contributed by atoms with Gasteiger partial charge in [-0.15, -0.1) is 0 Å². The minimum absolute atomic E-state index is 0.118. The molecule has 1 aliphatic rings. The lowest BCUT2D eigenvalue weighted by Gasteiger charge is -2.37. The number of ketones is 1. The molecule has 1 unspecified atom stereocenters. The van der Waals surface area contributed by atoms with Crippen molar-refractivity contribution in [3.8, 4) is 0 Å². The summed E-state index contributed by atoms with van der Waals surface area (Å²) in [4.78, 5) is 25.4. The van der Waals surface area contributed by atoms with Gasteiger partial charge in [-0.2, -0.15) is 0 Å². The summed E-state index contributed by atoms with van der Waals surface area (Å²) in [6, 6.07) is 9.50. The third-order valence-electron chi connectivity index (χ3n) is 3.74. The van der Waals surface area contributed by atoms with Gasteiger partial charge in [-0.3, -0.25) is 4.79 Å². The Labute approximate surface area is 118 Å². The second-order valence-corrected chi connectivity index (χ2v) is 5.40. The minimum Gasteiger partial charge on any atom is -0.445 e. The highest BCUT2D eigenvalue weighted by Crippen LogP contribution is 2.25. The highest BCUT2D eigenvalue weighted by atomic mass is 16.6. The Balaban J connectivity index is 1.91. The molecule has 0 aliphatic carbocycles. The van der Waals surface area contributed by atoms with Crippen LogP contribution in [-0.2, 0) is 16.1 Å². The van der Waals surface area contributed by atoms with Crippen molar-refractivity contribution in [2.45, 2.75) is 20.0 Å². The summed E-state index contributed by atoms with van der Waals surface area (Å²) in [6.07, 6.45) is -0.0465. The number of ether oxygens (including phenoxy) is 1. The lowest BCUT2D eigenvalue weighted by molar-refractivity contribution is -0.131. The predicted octanol–water partition coefficient (Wildman–Crippen LogP) is 1.56. The molecule has 5 heteroatoms. The number of carbonyl (C=O) groups is 2. The Morgan fingerprint density at radius 1 is 1.40 bits per heavy atom. The maximum Gasteiger partial charge on any atom is 0.410 e. The summed E-state index contributed by atoms with van der Waals surface area (Å²) in [5.74, 6) is 0.118. The van der Waals surface area contributed by atoms with Gasteiger partial charge in [0.2, 0.25) is 0 Å². The van der Waals surface area contributed by atoms with Gasteiger partial charge in [0.05, 0.1) is 5.41 Å². The summed E-state index contributed by atoms with van der Waals surface area (Å²) in [5, 5.41) is 0. The molecule has 0 aromatic heterocycles.